The van der Waals surface area contributed by atoms with Gasteiger partial charge in [-0.1, -0.05) is 12.1 Å². The zero-order chi connectivity index (χ0) is 13.1. The van der Waals surface area contributed by atoms with Crippen molar-refractivity contribution in [3.8, 4) is 22.6 Å². The molecule has 0 radical (unpaired) electrons. The van der Waals surface area contributed by atoms with Crippen molar-refractivity contribution in [3.63, 3.8) is 0 Å². The van der Waals surface area contributed by atoms with Gasteiger partial charge in [-0.3, -0.25) is 0 Å². The molecule has 4 heteroatoms. The molecule has 2 aromatic carbocycles. The van der Waals surface area contributed by atoms with Gasteiger partial charge in [0, 0.05) is 11.6 Å². The fourth-order valence-electron chi connectivity index (χ4n) is 1.70. The number of rotatable bonds is 3. The van der Waals surface area contributed by atoms with Gasteiger partial charge in [-0.2, -0.15) is 0 Å². The van der Waals surface area contributed by atoms with Crippen molar-refractivity contribution in [2.24, 2.45) is 0 Å². The van der Waals surface area contributed by atoms with Gasteiger partial charge in [0.2, 0.25) is 0 Å². The second-order valence-electron chi connectivity index (χ2n) is 3.69. The lowest BCUT2D eigenvalue weighted by molar-refractivity contribution is 0.352. The van der Waals surface area contributed by atoms with Crippen molar-refractivity contribution in [1.29, 1.82) is 0 Å². The molecule has 94 valence electrons. The molecular formula is C14H12F2O2. The summed E-state index contributed by atoms with van der Waals surface area (Å²) in [6.07, 6.45) is 0. The number of hydrogen-bond donors (Lipinski definition) is 0. The molecule has 0 heterocycles. The first kappa shape index (κ1) is 12.4. The van der Waals surface area contributed by atoms with Crippen LogP contribution < -0.4 is 9.47 Å². The maximum Gasteiger partial charge on any atom is 0.163 e. The Morgan fingerprint density at radius 2 is 1.39 bits per heavy atom. The molecule has 0 amide bonds. The highest BCUT2D eigenvalue weighted by atomic mass is 19.1. The molecule has 18 heavy (non-hydrogen) atoms. The van der Waals surface area contributed by atoms with Crippen LogP contribution in [0.3, 0.4) is 0 Å². The Morgan fingerprint density at radius 1 is 0.833 bits per heavy atom. The van der Waals surface area contributed by atoms with Crippen molar-refractivity contribution in [2.75, 3.05) is 14.2 Å². The highest BCUT2D eigenvalue weighted by molar-refractivity contribution is 5.68. The topological polar surface area (TPSA) is 18.5 Å². The van der Waals surface area contributed by atoms with Crippen LogP contribution in [0.4, 0.5) is 8.78 Å². The molecule has 0 spiro atoms. The third-order valence-corrected chi connectivity index (χ3v) is 2.63. The van der Waals surface area contributed by atoms with E-state index >= 15 is 0 Å². The van der Waals surface area contributed by atoms with Gasteiger partial charge >= 0.3 is 0 Å². The second kappa shape index (κ2) is 5.04. The standard InChI is InChI=1S/C14H12F2O2/c1-17-13-7-11(12(16)8-14(13)18-2)9-3-5-10(15)6-4-9/h3-8H,1-2H3. The second-order valence-corrected chi connectivity index (χ2v) is 3.69. The van der Waals surface area contributed by atoms with Crippen LogP contribution >= 0.6 is 0 Å². The van der Waals surface area contributed by atoms with Gasteiger partial charge in [0.1, 0.15) is 11.6 Å². The summed E-state index contributed by atoms with van der Waals surface area (Å²) in [6.45, 7) is 0. The van der Waals surface area contributed by atoms with E-state index in [4.69, 9.17) is 9.47 Å². The van der Waals surface area contributed by atoms with Crippen LogP contribution in [0.25, 0.3) is 11.1 Å². The summed E-state index contributed by atoms with van der Waals surface area (Å²) in [4.78, 5) is 0. The van der Waals surface area contributed by atoms with E-state index in [9.17, 15) is 8.78 Å². The average Bonchev–Trinajstić information content (AvgIpc) is 2.39. The summed E-state index contributed by atoms with van der Waals surface area (Å²) in [6, 6.07) is 8.37. The molecule has 0 aliphatic rings. The molecule has 0 fully saturated rings. The van der Waals surface area contributed by atoms with Crippen molar-refractivity contribution >= 4 is 0 Å². The first-order valence-electron chi connectivity index (χ1n) is 5.33. The molecule has 0 aromatic heterocycles. The summed E-state index contributed by atoms with van der Waals surface area (Å²) >= 11 is 0. The first-order valence-corrected chi connectivity index (χ1v) is 5.33. The number of halogens is 2. The van der Waals surface area contributed by atoms with Gasteiger partial charge < -0.3 is 9.47 Å². The van der Waals surface area contributed by atoms with Crippen LogP contribution in [-0.2, 0) is 0 Å². The van der Waals surface area contributed by atoms with Crippen molar-refractivity contribution < 1.29 is 18.3 Å². The monoisotopic (exact) mass is 250 g/mol. The maximum absolute atomic E-state index is 13.9. The molecule has 0 aliphatic heterocycles. The summed E-state index contributed by atoms with van der Waals surface area (Å²) in [5.74, 6) is -0.0574. The zero-order valence-corrected chi connectivity index (χ0v) is 10.0. The molecule has 0 bridgehead atoms. The maximum atomic E-state index is 13.9. The van der Waals surface area contributed by atoms with Gasteiger partial charge in [0.15, 0.2) is 11.5 Å². The summed E-state index contributed by atoms with van der Waals surface area (Å²) in [5, 5.41) is 0. The molecule has 0 unspecified atom stereocenters. The van der Waals surface area contributed by atoms with Gasteiger partial charge in [-0.25, -0.2) is 8.78 Å². The summed E-state index contributed by atoms with van der Waals surface area (Å²) in [5.41, 5.74) is 0.919. The Kier molecular flexibility index (Phi) is 3.46. The van der Waals surface area contributed by atoms with Crippen molar-refractivity contribution in [3.05, 3.63) is 48.0 Å². The number of benzene rings is 2. The van der Waals surface area contributed by atoms with Crippen molar-refractivity contribution in [1.82, 2.24) is 0 Å². The van der Waals surface area contributed by atoms with Crippen LogP contribution in [0, 0.1) is 11.6 Å². The molecule has 2 rings (SSSR count). The number of hydrogen-bond acceptors (Lipinski definition) is 2. The van der Waals surface area contributed by atoms with Gasteiger partial charge in [0.25, 0.3) is 0 Å². The quantitative estimate of drug-likeness (QED) is 0.827. The minimum atomic E-state index is -0.445. The molecule has 0 saturated heterocycles. The van der Waals surface area contributed by atoms with E-state index < -0.39 is 5.82 Å². The minimum Gasteiger partial charge on any atom is -0.493 e. The van der Waals surface area contributed by atoms with Crippen LogP contribution in [0.5, 0.6) is 11.5 Å². The van der Waals surface area contributed by atoms with E-state index in [1.54, 1.807) is 0 Å². The van der Waals surface area contributed by atoms with Crippen LogP contribution in [-0.4, -0.2) is 14.2 Å². The molecule has 2 aromatic rings. The molecule has 2 nitrogen and oxygen atoms in total. The molecular weight excluding hydrogens is 238 g/mol. The summed E-state index contributed by atoms with van der Waals surface area (Å²) < 4.78 is 36.9. The Morgan fingerprint density at radius 3 is 1.94 bits per heavy atom. The van der Waals surface area contributed by atoms with Crippen LogP contribution in [0.2, 0.25) is 0 Å². The third-order valence-electron chi connectivity index (χ3n) is 2.63. The van der Waals surface area contributed by atoms with E-state index in [2.05, 4.69) is 0 Å². The Balaban J connectivity index is 2.54. The molecule has 0 aliphatic carbocycles. The third kappa shape index (κ3) is 2.27. The fourth-order valence-corrected chi connectivity index (χ4v) is 1.70. The van der Waals surface area contributed by atoms with Gasteiger partial charge in [-0.05, 0) is 23.8 Å². The highest BCUT2D eigenvalue weighted by Crippen LogP contribution is 2.34. The predicted octanol–water partition coefficient (Wildman–Crippen LogP) is 3.65. The Bertz CT molecular complexity index is 550. The lowest BCUT2D eigenvalue weighted by atomic mass is 10.0. The molecule has 0 atom stereocenters. The smallest absolute Gasteiger partial charge is 0.163 e. The van der Waals surface area contributed by atoms with Gasteiger partial charge in [0.05, 0.1) is 14.2 Å². The molecule has 0 N–H and O–H groups in total. The Hall–Kier alpha value is -2.10. The van der Waals surface area contributed by atoms with Crippen LogP contribution in [0.15, 0.2) is 36.4 Å². The normalized spacial score (nSPS) is 10.2. The van der Waals surface area contributed by atoms with E-state index in [0.29, 0.717) is 22.6 Å². The molecule has 0 saturated carbocycles. The van der Waals surface area contributed by atoms with Crippen molar-refractivity contribution in [2.45, 2.75) is 0 Å². The van der Waals surface area contributed by atoms with E-state index in [1.165, 1.54) is 50.6 Å². The average molecular weight is 250 g/mol. The van der Waals surface area contributed by atoms with E-state index in [0.717, 1.165) is 0 Å². The Labute approximate surface area is 104 Å². The minimum absolute atomic E-state index is 0.320. The predicted molar refractivity (Wildman–Crippen MR) is 64.9 cm³/mol. The van der Waals surface area contributed by atoms with Gasteiger partial charge in [-0.15, -0.1) is 0 Å². The number of ether oxygens (including phenoxy) is 2. The number of methoxy groups -OCH3 is 2. The summed E-state index contributed by atoms with van der Waals surface area (Å²) in [7, 11) is 2.92. The zero-order valence-electron chi connectivity index (χ0n) is 10.0. The van der Waals surface area contributed by atoms with E-state index in [1.807, 2.05) is 0 Å². The lowest BCUT2D eigenvalue weighted by Gasteiger charge is -2.11. The SMILES string of the molecule is COc1cc(F)c(-c2ccc(F)cc2)cc1OC. The fraction of sp³-hybridized carbons (Fsp3) is 0.143. The lowest BCUT2D eigenvalue weighted by Crippen LogP contribution is -1.94. The van der Waals surface area contributed by atoms with Crippen LogP contribution in [0.1, 0.15) is 0 Å². The first-order chi connectivity index (χ1) is 8.65. The highest BCUT2D eigenvalue weighted by Gasteiger charge is 2.12. The largest absolute Gasteiger partial charge is 0.493 e. The van der Waals surface area contributed by atoms with E-state index in [-0.39, 0.29) is 5.82 Å².